The van der Waals surface area contributed by atoms with Crippen LogP contribution in [0.5, 0.6) is 5.75 Å². The van der Waals surface area contributed by atoms with Gasteiger partial charge in [0.15, 0.2) is 0 Å². The molecule has 1 fully saturated rings. The first kappa shape index (κ1) is 23.5. The number of likely N-dealkylation sites (N-methyl/N-ethyl adjacent to an activating group) is 1. The van der Waals surface area contributed by atoms with E-state index in [0.29, 0.717) is 18.7 Å². The van der Waals surface area contributed by atoms with Crippen LogP contribution in [0.25, 0.3) is 5.76 Å². The van der Waals surface area contributed by atoms with Gasteiger partial charge in [-0.3, -0.25) is 9.59 Å². The first-order valence-electron chi connectivity index (χ1n) is 10.8. The van der Waals surface area contributed by atoms with Crippen molar-refractivity contribution in [3.8, 4) is 5.75 Å². The van der Waals surface area contributed by atoms with Gasteiger partial charge in [0.25, 0.3) is 11.7 Å². The highest BCUT2D eigenvalue weighted by atomic mass is 16.5. The third-order valence-electron chi connectivity index (χ3n) is 5.90. The number of aliphatic hydroxyl groups excluding tert-OH is 1. The smallest absolute Gasteiger partial charge is 0.295 e. The van der Waals surface area contributed by atoms with E-state index in [4.69, 9.17) is 4.74 Å². The fourth-order valence-corrected chi connectivity index (χ4v) is 4.13. The second-order valence-electron chi connectivity index (χ2n) is 8.77. The quantitative estimate of drug-likeness (QED) is 0.402. The first-order valence-corrected chi connectivity index (χ1v) is 10.8. The normalized spacial score (nSPS) is 18.1. The highest BCUT2D eigenvalue weighted by molar-refractivity contribution is 6.46. The molecule has 6 heteroatoms. The predicted octanol–water partition coefficient (Wildman–Crippen LogP) is 4.11. The zero-order valence-corrected chi connectivity index (χ0v) is 19.7. The summed E-state index contributed by atoms with van der Waals surface area (Å²) >= 11 is 0. The molecule has 0 aromatic heterocycles. The third kappa shape index (κ3) is 4.41. The molecule has 0 saturated carbocycles. The Bertz CT molecular complexity index is 1040. The highest BCUT2D eigenvalue weighted by Gasteiger charge is 2.46. The number of ketones is 1. The van der Waals surface area contributed by atoms with Gasteiger partial charge in [0.1, 0.15) is 11.5 Å². The molecule has 1 aliphatic rings. The molecule has 0 bridgehead atoms. The molecule has 1 heterocycles. The molecule has 1 aliphatic heterocycles. The Labute approximate surface area is 190 Å². The van der Waals surface area contributed by atoms with Crippen LogP contribution in [0.1, 0.15) is 48.1 Å². The molecule has 1 unspecified atom stereocenters. The molecule has 32 heavy (non-hydrogen) atoms. The van der Waals surface area contributed by atoms with Gasteiger partial charge in [0, 0.05) is 18.7 Å². The Morgan fingerprint density at radius 3 is 2.38 bits per heavy atom. The number of nitrogens with zero attached hydrogens (tertiary/aromatic N) is 2. The monoisotopic (exact) mass is 436 g/mol. The van der Waals surface area contributed by atoms with Crippen LogP contribution in [0, 0.1) is 6.92 Å². The lowest BCUT2D eigenvalue weighted by Crippen LogP contribution is -2.35. The molecular weight excluding hydrogens is 404 g/mol. The Kier molecular flexibility index (Phi) is 7.04. The van der Waals surface area contributed by atoms with Crippen LogP contribution in [0.3, 0.4) is 0 Å². The van der Waals surface area contributed by atoms with Gasteiger partial charge in [0.05, 0.1) is 18.7 Å². The Morgan fingerprint density at radius 2 is 1.81 bits per heavy atom. The summed E-state index contributed by atoms with van der Waals surface area (Å²) in [5, 5.41) is 11.4. The van der Waals surface area contributed by atoms with Crippen molar-refractivity contribution in [3.05, 3.63) is 70.3 Å². The second-order valence-corrected chi connectivity index (χ2v) is 8.77. The van der Waals surface area contributed by atoms with Crippen LogP contribution in [0.15, 0.2) is 48.0 Å². The number of likely N-dealkylation sites (tertiary alicyclic amines) is 1. The van der Waals surface area contributed by atoms with E-state index in [0.717, 1.165) is 22.4 Å². The number of carbonyl (C=O) groups is 2. The first-order chi connectivity index (χ1) is 15.2. The largest absolute Gasteiger partial charge is 0.507 e. The SMILES string of the molecule is COc1cc(C)c(/C(O)=C2\C(=O)C(=O)N(CCN(C)C)C2c2ccccc2)cc1C(C)C. The maximum absolute atomic E-state index is 13.2. The van der Waals surface area contributed by atoms with Gasteiger partial charge >= 0.3 is 0 Å². The third-order valence-corrected chi connectivity index (χ3v) is 5.90. The van der Waals surface area contributed by atoms with E-state index in [1.54, 1.807) is 12.0 Å². The number of benzene rings is 2. The van der Waals surface area contributed by atoms with Crippen LogP contribution in [0.2, 0.25) is 0 Å². The zero-order valence-electron chi connectivity index (χ0n) is 19.7. The molecule has 1 atom stereocenters. The number of aryl methyl sites for hydroxylation is 1. The summed E-state index contributed by atoms with van der Waals surface area (Å²) in [4.78, 5) is 29.7. The molecule has 2 aromatic carbocycles. The van der Waals surface area contributed by atoms with Crippen molar-refractivity contribution in [2.24, 2.45) is 0 Å². The molecule has 3 rings (SSSR count). The number of rotatable bonds is 7. The van der Waals surface area contributed by atoms with E-state index >= 15 is 0 Å². The predicted molar refractivity (Wildman–Crippen MR) is 126 cm³/mol. The minimum absolute atomic E-state index is 0.128. The van der Waals surface area contributed by atoms with Crippen molar-refractivity contribution < 1.29 is 19.4 Å². The van der Waals surface area contributed by atoms with Crippen LogP contribution >= 0.6 is 0 Å². The van der Waals surface area contributed by atoms with Crippen LogP contribution < -0.4 is 4.74 Å². The molecule has 6 nitrogen and oxygen atoms in total. The summed E-state index contributed by atoms with van der Waals surface area (Å²) in [6.45, 7) is 6.94. The van der Waals surface area contributed by atoms with E-state index in [1.165, 1.54) is 0 Å². The van der Waals surface area contributed by atoms with E-state index in [2.05, 4.69) is 0 Å². The van der Waals surface area contributed by atoms with Gasteiger partial charge in [-0.1, -0.05) is 44.2 Å². The van der Waals surface area contributed by atoms with Gasteiger partial charge in [0.2, 0.25) is 0 Å². The maximum Gasteiger partial charge on any atom is 0.295 e. The minimum atomic E-state index is -0.656. The number of hydrogen-bond donors (Lipinski definition) is 1. The Morgan fingerprint density at radius 1 is 1.16 bits per heavy atom. The number of hydrogen-bond acceptors (Lipinski definition) is 5. The topological polar surface area (TPSA) is 70.1 Å². The van der Waals surface area contributed by atoms with E-state index in [9.17, 15) is 14.7 Å². The van der Waals surface area contributed by atoms with Gasteiger partial charge in [-0.05, 0) is 55.8 Å². The second kappa shape index (κ2) is 9.57. The molecule has 1 saturated heterocycles. The van der Waals surface area contributed by atoms with Gasteiger partial charge in [-0.2, -0.15) is 0 Å². The Balaban J connectivity index is 2.21. The summed E-state index contributed by atoms with van der Waals surface area (Å²) in [5.41, 5.74) is 3.17. The minimum Gasteiger partial charge on any atom is -0.507 e. The number of methoxy groups -OCH3 is 1. The van der Waals surface area contributed by atoms with Crippen molar-refractivity contribution in [2.45, 2.75) is 32.7 Å². The number of aliphatic hydroxyl groups is 1. The fourth-order valence-electron chi connectivity index (χ4n) is 4.13. The van der Waals surface area contributed by atoms with Crippen LogP contribution in [-0.4, -0.2) is 60.9 Å². The molecule has 0 aliphatic carbocycles. The van der Waals surface area contributed by atoms with E-state index < -0.39 is 17.7 Å². The average molecular weight is 437 g/mol. The molecule has 2 aromatic rings. The lowest BCUT2D eigenvalue weighted by Gasteiger charge is -2.26. The van der Waals surface area contributed by atoms with Crippen molar-refractivity contribution in [3.63, 3.8) is 0 Å². The molecule has 1 N–H and O–H groups in total. The lowest BCUT2D eigenvalue weighted by atomic mass is 9.91. The number of amides is 1. The van der Waals surface area contributed by atoms with Crippen molar-refractivity contribution in [1.82, 2.24) is 9.80 Å². The Hall–Kier alpha value is -3.12. The highest BCUT2D eigenvalue weighted by Crippen LogP contribution is 2.41. The van der Waals surface area contributed by atoms with Gasteiger partial charge < -0.3 is 19.6 Å². The number of ether oxygens (including phenoxy) is 1. The summed E-state index contributed by atoms with van der Waals surface area (Å²) in [6, 6.07) is 12.5. The molecule has 170 valence electrons. The lowest BCUT2D eigenvalue weighted by molar-refractivity contribution is -0.140. The summed E-state index contributed by atoms with van der Waals surface area (Å²) in [5.74, 6) is -0.495. The maximum atomic E-state index is 13.2. The fraction of sp³-hybridized carbons (Fsp3) is 0.385. The standard InChI is InChI=1S/C26H32N2O4/c1-16(2)19-15-20(17(3)14-21(19)32-6)24(29)22-23(18-10-8-7-9-11-18)28(13-12-27(4)5)26(31)25(22)30/h7-11,14-16,23,29H,12-13H2,1-6H3/b24-22+. The summed E-state index contributed by atoms with van der Waals surface area (Å²) in [7, 11) is 5.45. The molecule has 1 amide bonds. The van der Waals surface area contributed by atoms with Crippen molar-refractivity contribution in [2.75, 3.05) is 34.3 Å². The molecular formula is C26H32N2O4. The van der Waals surface area contributed by atoms with Crippen molar-refractivity contribution >= 4 is 17.4 Å². The number of Topliss-reactive ketones (excluding diaryl/α,β-unsaturated/α-hetero) is 1. The molecule has 0 spiro atoms. The van der Waals surface area contributed by atoms with Gasteiger partial charge in [-0.15, -0.1) is 0 Å². The zero-order chi connectivity index (χ0) is 23.6. The molecule has 0 radical (unpaired) electrons. The average Bonchev–Trinajstić information content (AvgIpc) is 3.02. The van der Waals surface area contributed by atoms with Crippen LogP contribution in [0.4, 0.5) is 0 Å². The van der Waals surface area contributed by atoms with Crippen LogP contribution in [-0.2, 0) is 9.59 Å². The van der Waals surface area contributed by atoms with E-state index in [-0.39, 0.29) is 17.3 Å². The summed E-state index contributed by atoms with van der Waals surface area (Å²) < 4.78 is 5.52. The van der Waals surface area contributed by atoms with Crippen molar-refractivity contribution in [1.29, 1.82) is 0 Å². The van der Waals surface area contributed by atoms with Gasteiger partial charge in [-0.25, -0.2) is 0 Å². The van der Waals surface area contributed by atoms with E-state index in [1.807, 2.05) is 82.2 Å². The summed E-state index contributed by atoms with van der Waals surface area (Å²) in [6.07, 6.45) is 0. The number of carbonyl (C=O) groups excluding carboxylic acids is 2.